The summed E-state index contributed by atoms with van der Waals surface area (Å²) in [6, 6.07) is 8.67. The highest BCUT2D eigenvalue weighted by Crippen LogP contribution is 2.28. The molecular weight excluding hydrogens is 282 g/mol. The van der Waals surface area contributed by atoms with E-state index in [4.69, 9.17) is 11.6 Å². The molecule has 4 heteroatoms. The van der Waals surface area contributed by atoms with Crippen molar-refractivity contribution in [1.29, 1.82) is 0 Å². The van der Waals surface area contributed by atoms with Crippen molar-refractivity contribution in [2.75, 3.05) is 0 Å². The third kappa shape index (κ3) is 3.17. The van der Waals surface area contributed by atoms with Crippen LogP contribution in [0.15, 0.2) is 36.4 Å². The summed E-state index contributed by atoms with van der Waals surface area (Å²) in [5.74, 6) is -0.836. The number of hydrogen-bond acceptors (Lipinski definition) is 1. The van der Waals surface area contributed by atoms with Crippen molar-refractivity contribution in [3.05, 3.63) is 69.7 Å². The van der Waals surface area contributed by atoms with Crippen molar-refractivity contribution < 1.29 is 13.9 Å². The van der Waals surface area contributed by atoms with Crippen LogP contribution in [0.2, 0.25) is 5.02 Å². The molecule has 106 valence electrons. The Hall–Kier alpha value is -1.45. The van der Waals surface area contributed by atoms with E-state index in [0.29, 0.717) is 21.7 Å². The average molecular weight is 297 g/mol. The molecule has 2 aromatic rings. The molecule has 1 N–H and O–H groups in total. The van der Waals surface area contributed by atoms with Crippen LogP contribution in [0.4, 0.5) is 8.78 Å². The fourth-order valence-electron chi connectivity index (χ4n) is 2.08. The van der Waals surface area contributed by atoms with E-state index < -0.39 is 17.2 Å². The normalized spacial score (nSPS) is 14.1. The van der Waals surface area contributed by atoms with Gasteiger partial charge < -0.3 is 5.11 Å². The number of benzene rings is 2. The number of halogens is 3. The zero-order chi connectivity index (χ0) is 14.9. The molecule has 1 atom stereocenters. The highest BCUT2D eigenvalue weighted by atomic mass is 35.5. The topological polar surface area (TPSA) is 20.2 Å². The van der Waals surface area contributed by atoms with Gasteiger partial charge in [0, 0.05) is 11.4 Å². The van der Waals surface area contributed by atoms with Gasteiger partial charge in [-0.15, -0.1) is 0 Å². The number of aryl methyl sites for hydroxylation is 1. The summed E-state index contributed by atoms with van der Waals surface area (Å²) < 4.78 is 27.3. The first-order valence-corrected chi connectivity index (χ1v) is 6.60. The van der Waals surface area contributed by atoms with Gasteiger partial charge in [0.2, 0.25) is 0 Å². The molecule has 0 aliphatic rings. The number of rotatable bonds is 3. The molecule has 0 amide bonds. The van der Waals surface area contributed by atoms with E-state index >= 15 is 0 Å². The van der Waals surface area contributed by atoms with Gasteiger partial charge in [-0.2, -0.15) is 0 Å². The van der Waals surface area contributed by atoms with Crippen LogP contribution < -0.4 is 0 Å². The standard InChI is InChI=1S/C16H15ClF2O/c1-10-3-4-12(8-15(10)19)16(2,20)9-11-7-13(17)5-6-14(11)18/h3-8,20H,9H2,1-2H3. The van der Waals surface area contributed by atoms with Gasteiger partial charge in [-0.05, 0) is 54.8 Å². The molecule has 20 heavy (non-hydrogen) atoms. The highest BCUT2D eigenvalue weighted by Gasteiger charge is 2.26. The number of aliphatic hydroxyl groups is 1. The Morgan fingerprint density at radius 3 is 2.45 bits per heavy atom. The SMILES string of the molecule is Cc1ccc(C(C)(O)Cc2cc(Cl)ccc2F)cc1F. The predicted molar refractivity (Wildman–Crippen MR) is 75.8 cm³/mol. The third-order valence-electron chi connectivity index (χ3n) is 3.34. The van der Waals surface area contributed by atoms with Gasteiger partial charge in [0.25, 0.3) is 0 Å². The Balaban J connectivity index is 2.34. The summed E-state index contributed by atoms with van der Waals surface area (Å²) in [6.07, 6.45) is 0.0158. The Bertz CT molecular complexity index is 638. The molecule has 0 radical (unpaired) electrons. The molecule has 0 heterocycles. The second-order valence-electron chi connectivity index (χ2n) is 5.15. The van der Waals surface area contributed by atoms with Crippen molar-refractivity contribution in [2.45, 2.75) is 25.9 Å². The Morgan fingerprint density at radius 1 is 1.10 bits per heavy atom. The van der Waals surface area contributed by atoms with Crippen LogP contribution in [-0.2, 0) is 12.0 Å². The second-order valence-corrected chi connectivity index (χ2v) is 5.59. The second kappa shape index (κ2) is 5.51. The lowest BCUT2D eigenvalue weighted by Crippen LogP contribution is -2.25. The first kappa shape index (κ1) is 14.9. The van der Waals surface area contributed by atoms with Crippen LogP contribution in [0, 0.1) is 18.6 Å². The van der Waals surface area contributed by atoms with Crippen LogP contribution >= 0.6 is 11.6 Å². The van der Waals surface area contributed by atoms with Gasteiger partial charge in [-0.1, -0.05) is 23.7 Å². The average Bonchev–Trinajstić information content (AvgIpc) is 2.36. The maximum Gasteiger partial charge on any atom is 0.126 e. The quantitative estimate of drug-likeness (QED) is 0.891. The van der Waals surface area contributed by atoms with E-state index in [1.165, 1.54) is 31.2 Å². The van der Waals surface area contributed by atoms with Gasteiger partial charge in [-0.25, -0.2) is 8.78 Å². The van der Waals surface area contributed by atoms with Crippen molar-refractivity contribution >= 4 is 11.6 Å². The van der Waals surface area contributed by atoms with Gasteiger partial charge in [-0.3, -0.25) is 0 Å². The van der Waals surface area contributed by atoms with Gasteiger partial charge >= 0.3 is 0 Å². The largest absolute Gasteiger partial charge is 0.385 e. The summed E-state index contributed by atoms with van der Waals surface area (Å²) >= 11 is 5.83. The lowest BCUT2D eigenvalue weighted by molar-refractivity contribution is 0.0563. The van der Waals surface area contributed by atoms with Crippen molar-refractivity contribution in [3.63, 3.8) is 0 Å². The maximum absolute atomic E-state index is 13.7. The third-order valence-corrected chi connectivity index (χ3v) is 3.57. The monoisotopic (exact) mass is 296 g/mol. The maximum atomic E-state index is 13.7. The summed E-state index contributed by atoms with van der Waals surface area (Å²) in [7, 11) is 0. The molecule has 2 rings (SSSR count). The molecule has 0 aromatic heterocycles. The Morgan fingerprint density at radius 2 is 1.80 bits per heavy atom. The fourth-order valence-corrected chi connectivity index (χ4v) is 2.27. The zero-order valence-electron chi connectivity index (χ0n) is 11.3. The van der Waals surface area contributed by atoms with E-state index in [2.05, 4.69) is 0 Å². The summed E-state index contributed by atoms with van der Waals surface area (Å²) in [5, 5.41) is 10.9. The van der Waals surface area contributed by atoms with Gasteiger partial charge in [0.15, 0.2) is 0 Å². The minimum Gasteiger partial charge on any atom is -0.385 e. The van der Waals surface area contributed by atoms with E-state index in [0.717, 1.165) is 0 Å². The molecule has 0 spiro atoms. The molecule has 1 unspecified atom stereocenters. The lowest BCUT2D eigenvalue weighted by Gasteiger charge is -2.24. The first-order valence-electron chi connectivity index (χ1n) is 6.22. The van der Waals surface area contributed by atoms with Crippen LogP contribution in [0.3, 0.4) is 0 Å². The van der Waals surface area contributed by atoms with Gasteiger partial charge in [0.1, 0.15) is 11.6 Å². The summed E-state index contributed by atoms with van der Waals surface area (Å²) in [6.45, 7) is 3.17. The molecule has 0 aliphatic heterocycles. The Labute approximate surface area is 121 Å². The molecule has 1 nitrogen and oxygen atoms in total. The first-order chi connectivity index (χ1) is 9.29. The minimum atomic E-state index is -1.37. The molecule has 0 saturated carbocycles. The van der Waals surface area contributed by atoms with Crippen molar-refractivity contribution in [3.8, 4) is 0 Å². The fraction of sp³-hybridized carbons (Fsp3) is 0.250. The van der Waals surface area contributed by atoms with E-state index in [1.807, 2.05) is 0 Å². The lowest BCUT2D eigenvalue weighted by atomic mass is 9.88. The predicted octanol–water partition coefficient (Wildman–Crippen LogP) is 4.38. The Kier molecular flexibility index (Phi) is 4.11. The van der Waals surface area contributed by atoms with Crippen LogP contribution in [-0.4, -0.2) is 5.11 Å². The van der Waals surface area contributed by atoms with Crippen LogP contribution in [0.1, 0.15) is 23.6 Å². The smallest absolute Gasteiger partial charge is 0.126 e. The molecular formula is C16H15ClF2O. The summed E-state index contributed by atoms with van der Waals surface area (Å²) in [4.78, 5) is 0. The van der Waals surface area contributed by atoms with E-state index in [9.17, 15) is 13.9 Å². The van der Waals surface area contributed by atoms with Crippen LogP contribution in [0.25, 0.3) is 0 Å². The molecule has 0 bridgehead atoms. The molecule has 0 fully saturated rings. The van der Waals surface area contributed by atoms with E-state index in [-0.39, 0.29) is 6.42 Å². The van der Waals surface area contributed by atoms with Crippen molar-refractivity contribution in [1.82, 2.24) is 0 Å². The summed E-state index contributed by atoms with van der Waals surface area (Å²) in [5.41, 5.74) is -0.179. The molecule has 0 aliphatic carbocycles. The molecule has 2 aromatic carbocycles. The minimum absolute atomic E-state index is 0.0158. The van der Waals surface area contributed by atoms with Gasteiger partial charge in [0.05, 0.1) is 5.60 Å². The molecule has 0 saturated heterocycles. The zero-order valence-corrected chi connectivity index (χ0v) is 12.0. The van der Waals surface area contributed by atoms with E-state index in [1.54, 1.807) is 19.1 Å². The highest BCUT2D eigenvalue weighted by molar-refractivity contribution is 6.30. The number of hydrogen-bond donors (Lipinski definition) is 1. The van der Waals surface area contributed by atoms with Crippen LogP contribution in [0.5, 0.6) is 0 Å². The van der Waals surface area contributed by atoms with Crippen molar-refractivity contribution in [2.24, 2.45) is 0 Å².